The van der Waals surface area contributed by atoms with E-state index in [1.165, 1.54) is 11.1 Å². The number of nitrogens with zero attached hydrogens (tertiary/aromatic N) is 6. The Morgan fingerprint density at radius 1 is 1.15 bits per heavy atom. The van der Waals surface area contributed by atoms with Crippen molar-refractivity contribution >= 4 is 57.9 Å². The molecule has 39 heavy (non-hydrogen) atoms. The summed E-state index contributed by atoms with van der Waals surface area (Å²) in [5.41, 5.74) is 3.39. The van der Waals surface area contributed by atoms with E-state index in [0.717, 1.165) is 56.3 Å². The normalized spacial score (nSPS) is 19.6. The SMILES string of the molecule is CN1CN(c2c(Cl)cccc2Cl)C(=O)c2cnc(Nc3ccc(N4CCN5CCOC[C@@H]5C4)c(CO)c3)nc21. The molecule has 0 radical (unpaired) electrons. The molecule has 2 saturated heterocycles. The van der Waals surface area contributed by atoms with Crippen molar-refractivity contribution in [3.05, 3.63) is 63.8 Å². The minimum atomic E-state index is -0.278. The van der Waals surface area contributed by atoms with Crippen LogP contribution in [0, 0.1) is 0 Å². The molecule has 3 aliphatic heterocycles. The van der Waals surface area contributed by atoms with E-state index < -0.39 is 0 Å². The van der Waals surface area contributed by atoms with Crippen LogP contribution in [0.3, 0.4) is 0 Å². The van der Waals surface area contributed by atoms with E-state index in [4.69, 9.17) is 27.9 Å². The summed E-state index contributed by atoms with van der Waals surface area (Å²) in [6.45, 7) is 5.40. The summed E-state index contributed by atoms with van der Waals surface area (Å²) in [7, 11) is 1.84. The molecule has 0 saturated carbocycles. The number of para-hydroxylation sites is 1. The summed E-state index contributed by atoms with van der Waals surface area (Å²) in [6, 6.07) is 11.4. The van der Waals surface area contributed by atoms with Crippen LogP contribution in [0.5, 0.6) is 0 Å². The van der Waals surface area contributed by atoms with E-state index in [1.807, 2.05) is 30.1 Å². The fourth-order valence-electron chi connectivity index (χ4n) is 5.48. The number of piperazine rings is 1. The van der Waals surface area contributed by atoms with E-state index >= 15 is 0 Å². The van der Waals surface area contributed by atoms with Gasteiger partial charge < -0.3 is 25.0 Å². The number of carbonyl (C=O) groups excluding carboxylic acids is 1. The number of hydrogen-bond donors (Lipinski definition) is 2. The third-order valence-corrected chi connectivity index (χ3v) is 8.06. The molecule has 204 valence electrons. The van der Waals surface area contributed by atoms with Gasteiger partial charge in [0.15, 0.2) is 0 Å². The van der Waals surface area contributed by atoms with Gasteiger partial charge in [-0.15, -0.1) is 0 Å². The zero-order valence-corrected chi connectivity index (χ0v) is 23.0. The highest BCUT2D eigenvalue weighted by molar-refractivity contribution is 6.40. The lowest BCUT2D eigenvalue weighted by molar-refractivity contribution is -0.0117. The van der Waals surface area contributed by atoms with Gasteiger partial charge in [-0.3, -0.25) is 14.6 Å². The van der Waals surface area contributed by atoms with Crippen molar-refractivity contribution in [1.29, 1.82) is 0 Å². The van der Waals surface area contributed by atoms with Crippen molar-refractivity contribution < 1.29 is 14.6 Å². The monoisotopic (exact) mass is 569 g/mol. The van der Waals surface area contributed by atoms with Crippen molar-refractivity contribution in [1.82, 2.24) is 14.9 Å². The second-order valence-electron chi connectivity index (χ2n) is 9.91. The standard InChI is InChI=1S/C27H29Cl2N7O3/c1-33-16-36(24-21(28)3-2-4-22(24)29)26(38)20-12-30-27(32-25(20)33)31-18-5-6-23(17(11-18)14-37)35-8-7-34-9-10-39-15-19(34)13-35/h2-6,11-12,19,37H,7-10,13-16H2,1H3,(H,30,31,32)/t19-/m0/s1. The number of aliphatic hydroxyl groups is 1. The molecule has 0 aliphatic carbocycles. The molecule has 1 amide bonds. The number of ether oxygens (including phenoxy) is 1. The van der Waals surface area contributed by atoms with Crippen LogP contribution in [0.2, 0.25) is 10.0 Å². The highest BCUT2D eigenvalue weighted by atomic mass is 35.5. The molecule has 10 nitrogen and oxygen atoms in total. The number of nitrogens with one attached hydrogen (secondary N) is 1. The van der Waals surface area contributed by atoms with E-state index in [9.17, 15) is 9.90 Å². The topological polar surface area (TPSA) is 97.3 Å². The average Bonchev–Trinajstić information content (AvgIpc) is 2.95. The molecule has 3 aliphatic rings. The van der Waals surface area contributed by atoms with E-state index in [2.05, 4.69) is 25.1 Å². The van der Waals surface area contributed by atoms with Gasteiger partial charge in [-0.2, -0.15) is 4.98 Å². The molecule has 2 aromatic carbocycles. The number of carbonyl (C=O) groups is 1. The van der Waals surface area contributed by atoms with Crippen LogP contribution in [-0.4, -0.2) is 85.0 Å². The smallest absolute Gasteiger partial charge is 0.265 e. The molecule has 2 N–H and O–H groups in total. The zero-order chi connectivity index (χ0) is 27.1. The van der Waals surface area contributed by atoms with E-state index in [1.54, 1.807) is 18.2 Å². The van der Waals surface area contributed by atoms with Gasteiger partial charge in [0.1, 0.15) is 11.4 Å². The van der Waals surface area contributed by atoms with Crippen LogP contribution in [0.15, 0.2) is 42.6 Å². The van der Waals surface area contributed by atoms with Crippen molar-refractivity contribution in [3.63, 3.8) is 0 Å². The predicted octanol–water partition coefficient (Wildman–Crippen LogP) is 3.59. The molecule has 12 heteroatoms. The molecule has 0 spiro atoms. The van der Waals surface area contributed by atoms with Crippen molar-refractivity contribution in [3.8, 4) is 0 Å². The fourth-order valence-corrected chi connectivity index (χ4v) is 6.08. The van der Waals surface area contributed by atoms with E-state index in [0.29, 0.717) is 39.1 Å². The van der Waals surface area contributed by atoms with Gasteiger partial charge in [0.05, 0.1) is 48.3 Å². The number of hydrogen-bond acceptors (Lipinski definition) is 9. The Labute approximate surface area is 236 Å². The van der Waals surface area contributed by atoms with E-state index in [-0.39, 0.29) is 19.2 Å². The number of benzene rings is 2. The van der Waals surface area contributed by atoms with Gasteiger partial charge in [-0.05, 0) is 30.3 Å². The first-order valence-corrected chi connectivity index (χ1v) is 13.6. The maximum atomic E-state index is 13.3. The molecule has 2 fully saturated rings. The molecule has 1 aromatic heterocycles. The third-order valence-electron chi connectivity index (χ3n) is 7.45. The number of halogens is 2. The fraction of sp³-hybridized carbons (Fsp3) is 0.370. The summed E-state index contributed by atoms with van der Waals surface area (Å²) in [5, 5.41) is 14.2. The highest BCUT2D eigenvalue weighted by Crippen LogP contribution is 2.37. The molecule has 4 heterocycles. The summed E-state index contributed by atoms with van der Waals surface area (Å²) in [5.74, 6) is 0.575. The number of anilines is 5. The number of rotatable bonds is 5. The second kappa shape index (κ2) is 10.8. The Morgan fingerprint density at radius 2 is 1.97 bits per heavy atom. The van der Waals surface area contributed by atoms with Crippen LogP contribution >= 0.6 is 23.2 Å². The summed E-state index contributed by atoms with van der Waals surface area (Å²) in [4.78, 5) is 30.5. The van der Waals surface area contributed by atoms with Gasteiger partial charge in [0.2, 0.25) is 5.95 Å². The van der Waals surface area contributed by atoms with Gasteiger partial charge in [0.25, 0.3) is 5.91 Å². The number of morpholine rings is 1. The highest BCUT2D eigenvalue weighted by Gasteiger charge is 2.33. The minimum Gasteiger partial charge on any atom is -0.392 e. The van der Waals surface area contributed by atoms with Crippen LogP contribution in [0.1, 0.15) is 15.9 Å². The van der Waals surface area contributed by atoms with Crippen molar-refractivity contribution in [2.24, 2.45) is 0 Å². The molecular weight excluding hydrogens is 541 g/mol. The van der Waals surface area contributed by atoms with Crippen molar-refractivity contribution in [2.45, 2.75) is 12.6 Å². The zero-order valence-electron chi connectivity index (χ0n) is 21.5. The number of amides is 1. The maximum absolute atomic E-state index is 13.3. The quantitative estimate of drug-likeness (QED) is 0.477. The van der Waals surface area contributed by atoms with Gasteiger partial charge >= 0.3 is 0 Å². The summed E-state index contributed by atoms with van der Waals surface area (Å²) in [6.07, 6.45) is 1.51. The van der Waals surface area contributed by atoms with Crippen molar-refractivity contribution in [2.75, 3.05) is 73.1 Å². The lowest BCUT2D eigenvalue weighted by Crippen LogP contribution is -2.58. The van der Waals surface area contributed by atoms with Crippen LogP contribution in [0.25, 0.3) is 0 Å². The number of fused-ring (bicyclic) bond motifs is 2. The maximum Gasteiger partial charge on any atom is 0.265 e. The first kappa shape index (κ1) is 26.1. The first-order chi connectivity index (χ1) is 18.9. The van der Waals surface area contributed by atoms with Gasteiger partial charge in [0, 0.05) is 56.4 Å². The Morgan fingerprint density at radius 3 is 2.77 bits per heavy atom. The lowest BCUT2D eigenvalue weighted by Gasteiger charge is -2.45. The molecule has 0 bridgehead atoms. The number of aliphatic hydroxyl groups excluding tert-OH is 1. The largest absolute Gasteiger partial charge is 0.392 e. The van der Waals surface area contributed by atoms with Crippen LogP contribution in [0.4, 0.5) is 28.8 Å². The molecule has 1 atom stereocenters. The molecular formula is C27H29Cl2N7O3. The predicted molar refractivity (Wildman–Crippen MR) is 153 cm³/mol. The minimum absolute atomic E-state index is 0.0883. The summed E-state index contributed by atoms with van der Waals surface area (Å²) >= 11 is 12.7. The molecule has 0 unspecified atom stereocenters. The molecule has 3 aromatic rings. The Balaban J connectivity index is 1.21. The Bertz CT molecular complexity index is 1390. The first-order valence-electron chi connectivity index (χ1n) is 12.8. The Hall–Kier alpha value is -3.15. The lowest BCUT2D eigenvalue weighted by atomic mass is 10.1. The molecule has 6 rings (SSSR count). The second-order valence-corrected chi connectivity index (χ2v) is 10.7. The summed E-state index contributed by atoms with van der Waals surface area (Å²) < 4.78 is 5.68. The van der Waals surface area contributed by atoms with Gasteiger partial charge in [-0.25, -0.2) is 4.98 Å². The third kappa shape index (κ3) is 4.99. The average molecular weight is 570 g/mol. The van der Waals surface area contributed by atoms with Crippen LogP contribution < -0.4 is 20.0 Å². The van der Waals surface area contributed by atoms with Crippen LogP contribution in [-0.2, 0) is 11.3 Å². The Kier molecular flexibility index (Phi) is 7.22. The van der Waals surface area contributed by atoms with Gasteiger partial charge in [-0.1, -0.05) is 29.3 Å². The number of aromatic nitrogens is 2.